The van der Waals surface area contributed by atoms with Gasteiger partial charge in [-0.1, -0.05) is 43.3 Å². The molecule has 0 unspecified atom stereocenters. The van der Waals surface area contributed by atoms with Gasteiger partial charge in [0.05, 0.1) is 0 Å². The number of H-pyrrole nitrogens is 1. The topological polar surface area (TPSA) is 28.3 Å². The number of aromatic nitrogens is 1. The maximum Gasteiger partial charge on any atom is 0.129 e. The van der Waals surface area contributed by atoms with Gasteiger partial charge < -0.3 is 14.6 Å². The predicted molar refractivity (Wildman–Crippen MR) is 95.9 cm³/mol. The lowest BCUT2D eigenvalue weighted by Crippen LogP contribution is -2.20. The van der Waals surface area contributed by atoms with Crippen LogP contribution in [0.3, 0.4) is 0 Å². The van der Waals surface area contributed by atoms with Crippen molar-refractivity contribution in [3.63, 3.8) is 0 Å². The van der Waals surface area contributed by atoms with Crippen molar-refractivity contribution in [2.24, 2.45) is 0 Å². The zero-order valence-corrected chi connectivity index (χ0v) is 13.9. The molecule has 1 aromatic heterocycles. The van der Waals surface area contributed by atoms with Gasteiger partial charge in [0, 0.05) is 23.6 Å². The Hall–Kier alpha value is -2.26. The molecule has 3 rings (SSSR count). The van der Waals surface area contributed by atoms with E-state index in [0.29, 0.717) is 6.61 Å². The summed E-state index contributed by atoms with van der Waals surface area (Å²) < 4.78 is 6.10. The largest absolute Gasteiger partial charge is 0.488 e. The number of rotatable bonds is 7. The second-order valence-electron chi connectivity index (χ2n) is 5.91. The van der Waals surface area contributed by atoms with Crippen molar-refractivity contribution in [3.8, 4) is 5.75 Å². The molecule has 0 amide bonds. The molecule has 0 aliphatic carbocycles. The first-order chi connectivity index (χ1) is 11.3. The molecule has 0 radical (unpaired) electrons. The fourth-order valence-corrected chi connectivity index (χ4v) is 2.74. The van der Waals surface area contributed by atoms with Crippen LogP contribution in [0.15, 0.2) is 54.7 Å². The van der Waals surface area contributed by atoms with E-state index in [1.54, 1.807) is 0 Å². The highest BCUT2D eigenvalue weighted by Gasteiger charge is 2.10. The molecule has 23 heavy (non-hydrogen) atoms. The van der Waals surface area contributed by atoms with E-state index in [2.05, 4.69) is 54.3 Å². The van der Waals surface area contributed by atoms with Gasteiger partial charge in [-0.05, 0) is 43.3 Å². The van der Waals surface area contributed by atoms with E-state index in [9.17, 15) is 0 Å². The standard InChI is InChI=1S/C20H24N2O/c1-3-22(2)13-12-17-14-21-18-10-7-11-19(20(17)18)23-15-16-8-5-4-6-9-16/h4-11,14,21H,3,12-13,15H2,1-2H3. The number of fused-ring (bicyclic) bond motifs is 1. The summed E-state index contributed by atoms with van der Waals surface area (Å²) in [6, 6.07) is 16.5. The van der Waals surface area contributed by atoms with Gasteiger partial charge in [0.25, 0.3) is 0 Å². The Balaban J connectivity index is 1.80. The summed E-state index contributed by atoms with van der Waals surface area (Å²) in [6.07, 6.45) is 3.14. The summed E-state index contributed by atoms with van der Waals surface area (Å²) in [5, 5.41) is 1.22. The van der Waals surface area contributed by atoms with E-state index in [0.717, 1.165) is 30.8 Å². The van der Waals surface area contributed by atoms with Gasteiger partial charge in [0.2, 0.25) is 0 Å². The summed E-state index contributed by atoms with van der Waals surface area (Å²) in [5.41, 5.74) is 3.65. The molecule has 0 spiro atoms. The van der Waals surface area contributed by atoms with Crippen LogP contribution in [0.25, 0.3) is 10.9 Å². The van der Waals surface area contributed by atoms with Crippen LogP contribution in [0.4, 0.5) is 0 Å². The summed E-state index contributed by atoms with van der Waals surface area (Å²) in [6.45, 7) is 4.90. The number of nitrogens with one attached hydrogen (secondary N) is 1. The SMILES string of the molecule is CCN(C)CCc1c[nH]c2cccc(OCc3ccccc3)c12. The first kappa shape index (κ1) is 15.6. The van der Waals surface area contributed by atoms with E-state index in [-0.39, 0.29) is 0 Å². The Morgan fingerprint density at radius 3 is 2.65 bits per heavy atom. The number of hydrogen-bond donors (Lipinski definition) is 1. The Morgan fingerprint density at radius 2 is 1.87 bits per heavy atom. The molecule has 0 fully saturated rings. The minimum absolute atomic E-state index is 0.597. The second-order valence-corrected chi connectivity index (χ2v) is 5.91. The van der Waals surface area contributed by atoms with Crippen LogP contribution in [0.5, 0.6) is 5.75 Å². The number of aromatic amines is 1. The molecule has 0 aliphatic rings. The summed E-state index contributed by atoms with van der Waals surface area (Å²) >= 11 is 0. The Bertz CT molecular complexity index is 749. The molecule has 0 saturated heterocycles. The molecule has 3 heteroatoms. The number of benzene rings is 2. The average Bonchev–Trinajstić information content (AvgIpc) is 3.02. The van der Waals surface area contributed by atoms with Crippen molar-refractivity contribution >= 4 is 10.9 Å². The lowest BCUT2D eigenvalue weighted by molar-refractivity contribution is 0.309. The molecular weight excluding hydrogens is 284 g/mol. The highest BCUT2D eigenvalue weighted by molar-refractivity contribution is 5.89. The minimum atomic E-state index is 0.597. The maximum atomic E-state index is 6.10. The molecule has 1 N–H and O–H groups in total. The van der Waals surface area contributed by atoms with Crippen molar-refractivity contribution in [2.45, 2.75) is 20.0 Å². The quantitative estimate of drug-likeness (QED) is 0.707. The van der Waals surface area contributed by atoms with Crippen LogP contribution in [0.1, 0.15) is 18.1 Å². The van der Waals surface area contributed by atoms with Crippen molar-refractivity contribution < 1.29 is 4.74 Å². The van der Waals surface area contributed by atoms with Crippen LogP contribution in [0.2, 0.25) is 0 Å². The average molecular weight is 308 g/mol. The number of hydrogen-bond acceptors (Lipinski definition) is 2. The Morgan fingerprint density at radius 1 is 1.04 bits per heavy atom. The molecule has 120 valence electrons. The van der Waals surface area contributed by atoms with E-state index >= 15 is 0 Å². The van der Waals surface area contributed by atoms with Gasteiger partial charge in [0.1, 0.15) is 12.4 Å². The summed E-state index contributed by atoms with van der Waals surface area (Å²) in [5.74, 6) is 0.960. The fraction of sp³-hybridized carbons (Fsp3) is 0.300. The van der Waals surface area contributed by atoms with Crippen LogP contribution in [-0.4, -0.2) is 30.0 Å². The summed E-state index contributed by atoms with van der Waals surface area (Å²) in [4.78, 5) is 5.70. The van der Waals surface area contributed by atoms with Gasteiger partial charge in [0.15, 0.2) is 0 Å². The number of ether oxygens (including phenoxy) is 1. The van der Waals surface area contributed by atoms with E-state index in [1.807, 2.05) is 24.3 Å². The predicted octanol–water partition coefficient (Wildman–Crippen LogP) is 4.24. The minimum Gasteiger partial charge on any atom is -0.488 e. The fourth-order valence-electron chi connectivity index (χ4n) is 2.74. The van der Waals surface area contributed by atoms with Gasteiger partial charge in [-0.25, -0.2) is 0 Å². The smallest absolute Gasteiger partial charge is 0.129 e. The van der Waals surface area contributed by atoms with Gasteiger partial charge in [-0.3, -0.25) is 0 Å². The molecule has 0 saturated carbocycles. The van der Waals surface area contributed by atoms with Crippen LogP contribution in [-0.2, 0) is 13.0 Å². The van der Waals surface area contributed by atoms with Crippen LogP contribution in [0, 0.1) is 0 Å². The maximum absolute atomic E-state index is 6.10. The van der Waals surface area contributed by atoms with Crippen molar-refractivity contribution in [2.75, 3.05) is 20.1 Å². The number of likely N-dealkylation sites (N-methyl/N-ethyl adjacent to an activating group) is 1. The van der Waals surface area contributed by atoms with Crippen LogP contribution < -0.4 is 4.74 Å². The zero-order valence-electron chi connectivity index (χ0n) is 13.9. The molecule has 1 heterocycles. The van der Waals surface area contributed by atoms with E-state index < -0.39 is 0 Å². The molecule has 2 aromatic carbocycles. The van der Waals surface area contributed by atoms with Crippen molar-refractivity contribution in [3.05, 3.63) is 65.9 Å². The van der Waals surface area contributed by atoms with Gasteiger partial charge >= 0.3 is 0 Å². The monoisotopic (exact) mass is 308 g/mol. The number of nitrogens with zero attached hydrogens (tertiary/aromatic N) is 1. The molecule has 0 bridgehead atoms. The zero-order chi connectivity index (χ0) is 16.1. The summed E-state index contributed by atoms with van der Waals surface area (Å²) in [7, 11) is 2.15. The Labute approximate surface area is 137 Å². The Kier molecular flexibility index (Phi) is 4.99. The lowest BCUT2D eigenvalue weighted by atomic mass is 10.1. The third-order valence-corrected chi connectivity index (χ3v) is 4.29. The second kappa shape index (κ2) is 7.34. The first-order valence-electron chi connectivity index (χ1n) is 8.22. The lowest BCUT2D eigenvalue weighted by Gasteiger charge is -2.14. The van der Waals surface area contributed by atoms with Crippen LogP contribution >= 0.6 is 0 Å². The normalized spacial score (nSPS) is 11.3. The first-order valence-corrected chi connectivity index (χ1v) is 8.22. The highest BCUT2D eigenvalue weighted by atomic mass is 16.5. The molecule has 3 nitrogen and oxygen atoms in total. The van der Waals surface area contributed by atoms with Crippen molar-refractivity contribution in [1.29, 1.82) is 0 Å². The van der Waals surface area contributed by atoms with E-state index in [4.69, 9.17) is 4.74 Å². The van der Waals surface area contributed by atoms with Crippen molar-refractivity contribution in [1.82, 2.24) is 9.88 Å². The highest BCUT2D eigenvalue weighted by Crippen LogP contribution is 2.29. The molecule has 3 aromatic rings. The molecular formula is C20H24N2O. The third kappa shape index (κ3) is 3.74. The van der Waals surface area contributed by atoms with Gasteiger partial charge in [-0.15, -0.1) is 0 Å². The van der Waals surface area contributed by atoms with Gasteiger partial charge in [-0.2, -0.15) is 0 Å². The molecule has 0 aliphatic heterocycles. The van der Waals surface area contributed by atoms with E-state index in [1.165, 1.54) is 16.5 Å². The third-order valence-electron chi connectivity index (χ3n) is 4.29. The molecule has 0 atom stereocenters.